The van der Waals surface area contributed by atoms with E-state index in [0.717, 1.165) is 0 Å². The van der Waals surface area contributed by atoms with Crippen molar-refractivity contribution in [2.75, 3.05) is 0 Å². The molecule has 1 aliphatic heterocycles. The number of aromatic nitrogens is 5. The van der Waals surface area contributed by atoms with Crippen LogP contribution in [0.4, 0.5) is 4.79 Å². The fourth-order valence-electron chi connectivity index (χ4n) is 3.12. The fourth-order valence-corrected chi connectivity index (χ4v) is 3.12. The van der Waals surface area contributed by atoms with Gasteiger partial charge >= 0.3 is 6.03 Å². The van der Waals surface area contributed by atoms with Gasteiger partial charge in [-0.2, -0.15) is 5.21 Å². The summed E-state index contributed by atoms with van der Waals surface area (Å²) in [5.41, 5.74) is 0.149. The minimum Gasteiger partial charge on any atom is -0.318 e. The Kier molecular flexibility index (Phi) is 3.80. The van der Waals surface area contributed by atoms with E-state index in [1.807, 2.05) is 0 Å². The Labute approximate surface area is 152 Å². The lowest BCUT2D eigenvalue weighted by Crippen LogP contribution is -2.49. The van der Waals surface area contributed by atoms with Crippen LogP contribution in [0.3, 0.4) is 0 Å². The quantitative estimate of drug-likeness (QED) is 0.560. The van der Waals surface area contributed by atoms with Crippen LogP contribution in [0.5, 0.6) is 0 Å². The summed E-state index contributed by atoms with van der Waals surface area (Å²) in [5.74, 6) is -0.112. The molecule has 1 unspecified atom stereocenters. The van der Waals surface area contributed by atoms with Gasteiger partial charge in [0.25, 0.3) is 11.5 Å². The third-order valence-electron chi connectivity index (χ3n) is 4.54. The Morgan fingerprint density at radius 3 is 2.52 bits per heavy atom. The average Bonchev–Trinajstić information content (AvgIpc) is 3.28. The van der Waals surface area contributed by atoms with E-state index in [1.54, 1.807) is 49.5 Å². The first-order chi connectivity index (χ1) is 13.0. The van der Waals surface area contributed by atoms with Gasteiger partial charge in [-0.15, -0.1) is 10.2 Å². The number of urea groups is 1. The number of carbonyl (C=O) groups is 2. The monoisotopic (exact) mass is 365 g/mol. The van der Waals surface area contributed by atoms with E-state index in [9.17, 15) is 14.4 Å². The normalized spacial score (nSPS) is 19.0. The zero-order chi connectivity index (χ0) is 19.0. The van der Waals surface area contributed by atoms with Gasteiger partial charge < -0.3 is 9.88 Å². The summed E-state index contributed by atoms with van der Waals surface area (Å²) in [6, 6.07) is 9.63. The van der Waals surface area contributed by atoms with Crippen molar-refractivity contribution in [2.45, 2.75) is 19.0 Å². The van der Waals surface area contributed by atoms with Crippen LogP contribution in [0.2, 0.25) is 0 Å². The summed E-state index contributed by atoms with van der Waals surface area (Å²) >= 11 is 0. The standard InChI is InChI=1S/C17H15N7O3/c1-10-3-2-8-24(14(10)25)9-17(15(26)18-16(27)19-17)12-6-4-11(5-7-12)13-20-22-23-21-13/h2-8H,9H2,1H3,(H2,18,19,26,27)(H,20,21,22,23). The van der Waals surface area contributed by atoms with Crippen LogP contribution in [-0.4, -0.2) is 37.1 Å². The van der Waals surface area contributed by atoms with E-state index in [-0.39, 0.29) is 12.1 Å². The van der Waals surface area contributed by atoms with E-state index in [0.29, 0.717) is 22.5 Å². The summed E-state index contributed by atoms with van der Waals surface area (Å²) in [4.78, 5) is 37.0. The van der Waals surface area contributed by atoms with Crippen molar-refractivity contribution in [1.82, 2.24) is 35.8 Å². The van der Waals surface area contributed by atoms with E-state index < -0.39 is 17.5 Å². The van der Waals surface area contributed by atoms with Crippen molar-refractivity contribution >= 4 is 11.9 Å². The first-order valence-electron chi connectivity index (χ1n) is 8.14. The Hall–Kier alpha value is -3.82. The second-order valence-electron chi connectivity index (χ2n) is 6.25. The second-order valence-corrected chi connectivity index (χ2v) is 6.25. The molecule has 4 rings (SSSR count). The molecule has 1 fully saturated rings. The number of hydrogen-bond donors (Lipinski definition) is 3. The number of imide groups is 1. The first-order valence-corrected chi connectivity index (χ1v) is 8.14. The number of H-pyrrole nitrogens is 1. The number of amides is 3. The van der Waals surface area contributed by atoms with Crippen LogP contribution < -0.4 is 16.2 Å². The molecular weight excluding hydrogens is 350 g/mol. The summed E-state index contributed by atoms with van der Waals surface area (Å²) in [6.07, 6.45) is 1.59. The summed E-state index contributed by atoms with van der Waals surface area (Å²) in [7, 11) is 0. The molecule has 2 aromatic heterocycles. The van der Waals surface area contributed by atoms with Crippen molar-refractivity contribution < 1.29 is 9.59 Å². The second kappa shape index (κ2) is 6.16. The summed E-state index contributed by atoms with van der Waals surface area (Å²) < 4.78 is 1.41. The average molecular weight is 365 g/mol. The highest BCUT2D eigenvalue weighted by Gasteiger charge is 2.48. The van der Waals surface area contributed by atoms with Gasteiger partial charge in [-0.1, -0.05) is 30.3 Å². The molecule has 1 atom stereocenters. The molecule has 136 valence electrons. The largest absolute Gasteiger partial charge is 0.322 e. The number of pyridine rings is 1. The maximum atomic E-state index is 12.7. The predicted molar refractivity (Wildman–Crippen MR) is 93.4 cm³/mol. The molecule has 10 heteroatoms. The van der Waals surface area contributed by atoms with Gasteiger partial charge in [0, 0.05) is 17.3 Å². The lowest BCUT2D eigenvalue weighted by Gasteiger charge is -2.27. The molecule has 1 aliphatic rings. The number of hydrogen-bond acceptors (Lipinski definition) is 6. The number of nitrogens with zero attached hydrogens (tertiary/aromatic N) is 4. The van der Waals surface area contributed by atoms with Crippen LogP contribution in [0.25, 0.3) is 11.4 Å². The zero-order valence-electron chi connectivity index (χ0n) is 14.3. The van der Waals surface area contributed by atoms with Gasteiger partial charge in [0.05, 0.1) is 6.54 Å². The van der Waals surface area contributed by atoms with Gasteiger partial charge in [0.2, 0.25) is 5.82 Å². The van der Waals surface area contributed by atoms with Crippen LogP contribution >= 0.6 is 0 Å². The molecule has 3 N–H and O–H groups in total. The summed E-state index contributed by atoms with van der Waals surface area (Å²) in [5, 5.41) is 18.6. The fraction of sp³-hybridized carbons (Fsp3) is 0.176. The molecule has 0 radical (unpaired) electrons. The maximum Gasteiger partial charge on any atom is 0.322 e. The smallest absolute Gasteiger partial charge is 0.318 e. The molecule has 3 heterocycles. The minimum atomic E-state index is -1.40. The molecule has 0 spiro atoms. The SMILES string of the molecule is Cc1cccn(CC2(c3ccc(-c4nn[nH]n4)cc3)NC(=O)NC2=O)c1=O. The molecule has 1 aromatic carbocycles. The minimum absolute atomic E-state index is 0.0351. The van der Waals surface area contributed by atoms with Gasteiger partial charge in [-0.25, -0.2) is 4.79 Å². The van der Waals surface area contributed by atoms with Gasteiger partial charge in [-0.3, -0.25) is 14.9 Å². The number of nitrogens with one attached hydrogen (secondary N) is 3. The van der Waals surface area contributed by atoms with Crippen molar-refractivity contribution in [3.05, 3.63) is 64.1 Å². The molecule has 1 saturated heterocycles. The molecule has 0 saturated carbocycles. The first kappa shape index (κ1) is 16.6. The number of rotatable bonds is 4. The lowest BCUT2D eigenvalue weighted by molar-refractivity contribution is -0.124. The molecule has 10 nitrogen and oxygen atoms in total. The maximum absolute atomic E-state index is 12.7. The molecule has 0 aliphatic carbocycles. The lowest BCUT2D eigenvalue weighted by atomic mass is 9.89. The van der Waals surface area contributed by atoms with E-state index in [1.165, 1.54) is 4.57 Å². The number of aromatic amines is 1. The van der Waals surface area contributed by atoms with Crippen LogP contribution in [0.15, 0.2) is 47.4 Å². The Morgan fingerprint density at radius 2 is 1.89 bits per heavy atom. The van der Waals surface area contributed by atoms with Gasteiger partial charge in [0.1, 0.15) is 0 Å². The molecule has 3 amide bonds. The number of benzene rings is 1. The number of carbonyl (C=O) groups excluding carboxylic acids is 2. The molecular formula is C17H15N7O3. The van der Waals surface area contributed by atoms with E-state index in [4.69, 9.17) is 0 Å². The molecule has 0 bridgehead atoms. The highest BCUT2D eigenvalue weighted by Crippen LogP contribution is 2.28. The Bertz CT molecular complexity index is 1070. The number of tetrazole rings is 1. The zero-order valence-corrected chi connectivity index (χ0v) is 14.3. The van der Waals surface area contributed by atoms with E-state index >= 15 is 0 Å². The highest BCUT2D eigenvalue weighted by molar-refractivity contribution is 6.07. The van der Waals surface area contributed by atoms with Gasteiger partial charge in [0.15, 0.2) is 5.54 Å². The predicted octanol–water partition coefficient (Wildman–Crippen LogP) is 0.0717. The molecule has 27 heavy (non-hydrogen) atoms. The third kappa shape index (κ3) is 2.76. The Morgan fingerprint density at radius 1 is 1.11 bits per heavy atom. The third-order valence-corrected chi connectivity index (χ3v) is 4.54. The van der Waals surface area contributed by atoms with Crippen molar-refractivity contribution in [3.63, 3.8) is 0 Å². The van der Waals surface area contributed by atoms with Crippen molar-refractivity contribution in [1.29, 1.82) is 0 Å². The van der Waals surface area contributed by atoms with Crippen LogP contribution in [-0.2, 0) is 16.9 Å². The number of aryl methyl sites for hydroxylation is 1. The van der Waals surface area contributed by atoms with Crippen LogP contribution in [0, 0.1) is 6.92 Å². The van der Waals surface area contributed by atoms with Crippen LogP contribution in [0.1, 0.15) is 11.1 Å². The molecule has 3 aromatic rings. The van der Waals surface area contributed by atoms with Crippen molar-refractivity contribution in [2.24, 2.45) is 0 Å². The van der Waals surface area contributed by atoms with Crippen molar-refractivity contribution in [3.8, 4) is 11.4 Å². The Balaban J connectivity index is 1.78. The van der Waals surface area contributed by atoms with Gasteiger partial charge in [-0.05, 0) is 23.8 Å². The summed E-state index contributed by atoms with van der Waals surface area (Å²) in [6.45, 7) is 1.66. The van der Waals surface area contributed by atoms with E-state index in [2.05, 4.69) is 31.3 Å². The topological polar surface area (TPSA) is 135 Å². The highest BCUT2D eigenvalue weighted by atomic mass is 16.2.